The van der Waals surface area contributed by atoms with Crippen LogP contribution in [0.3, 0.4) is 0 Å². The zero-order valence-electron chi connectivity index (χ0n) is 11.0. The van der Waals surface area contributed by atoms with Gasteiger partial charge in [-0.05, 0) is 31.2 Å². The Hall–Kier alpha value is -2.54. The molecule has 0 radical (unpaired) electrons. The van der Waals surface area contributed by atoms with E-state index >= 15 is 0 Å². The molecule has 6 nitrogen and oxygen atoms in total. The van der Waals surface area contributed by atoms with Gasteiger partial charge in [0, 0.05) is 0 Å². The Morgan fingerprint density at radius 2 is 1.86 bits per heavy atom. The first kappa shape index (κ1) is 13.4. The van der Waals surface area contributed by atoms with E-state index in [9.17, 15) is 4.39 Å². The van der Waals surface area contributed by atoms with Crippen LogP contribution in [0.2, 0.25) is 5.15 Å². The van der Waals surface area contributed by atoms with E-state index in [0.29, 0.717) is 22.1 Å². The van der Waals surface area contributed by atoms with E-state index in [-0.39, 0.29) is 5.82 Å². The quantitative estimate of drug-likeness (QED) is 0.698. The van der Waals surface area contributed by atoms with Gasteiger partial charge in [0.1, 0.15) is 23.6 Å². The molecule has 8 heteroatoms. The van der Waals surface area contributed by atoms with Crippen molar-refractivity contribution in [2.24, 2.45) is 5.10 Å². The topological polar surface area (TPSA) is 60.9 Å². The van der Waals surface area contributed by atoms with Crippen LogP contribution in [0.25, 0.3) is 5.69 Å². The third kappa shape index (κ3) is 2.68. The van der Waals surface area contributed by atoms with Crippen molar-refractivity contribution >= 4 is 17.8 Å². The van der Waals surface area contributed by atoms with Gasteiger partial charge in [0.15, 0.2) is 0 Å². The number of hydrogen-bond donors (Lipinski definition) is 0. The number of aryl methyl sites for hydroxylation is 1. The molecule has 0 saturated heterocycles. The molecule has 0 bridgehead atoms. The Morgan fingerprint density at radius 1 is 1.19 bits per heavy atom. The van der Waals surface area contributed by atoms with Gasteiger partial charge in [0.25, 0.3) is 0 Å². The Bertz CT molecular complexity index is 776. The molecule has 3 rings (SSSR count). The van der Waals surface area contributed by atoms with Gasteiger partial charge in [-0.15, -0.1) is 10.2 Å². The fraction of sp³-hybridized carbons (Fsp3) is 0.0769. The van der Waals surface area contributed by atoms with Crippen LogP contribution in [-0.2, 0) is 0 Å². The molecule has 1 aromatic carbocycles. The molecule has 2 heterocycles. The minimum absolute atomic E-state index is 0.312. The van der Waals surface area contributed by atoms with Gasteiger partial charge in [0.2, 0.25) is 0 Å². The molecule has 0 aliphatic heterocycles. The van der Waals surface area contributed by atoms with Crippen LogP contribution in [0, 0.1) is 12.7 Å². The molecule has 0 spiro atoms. The summed E-state index contributed by atoms with van der Waals surface area (Å²) in [6.07, 6.45) is 4.50. The maximum Gasteiger partial charge on any atom is 0.142 e. The molecular formula is C13H10ClFN6. The lowest BCUT2D eigenvalue weighted by Gasteiger charge is -2.02. The van der Waals surface area contributed by atoms with E-state index in [0.717, 1.165) is 0 Å². The van der Waals surface area contributed by atoms with E-state index in [1.165, 1.54) is 34.1 Å². The monoisotopic (exact) mass is 304 g/mol. The summed E-state index contributed by atoms with van der Waals surface area (Å²) in [5, 5.41) is 16.2. The van der Waals surface area contributed by atoms with Gasteiger partial charge in [-0.25, -0.2) is 13.7 Å². The number of benzene rings is 1. The average Bonchev–Trinajstić information content (AvgIpc) is 3.07. The second kappa shape index (κ2) is 5.45. The molecule has 0 aliphatic rings. The maximum atomic E-state index is 13.0. The summed E-state index contributed by atoms with van der Waals surface area (Å²) in [6, 6.07) is 5.92. The molecule has 0 aliphatic carbocycles. The largest absolute Gasteiger partial charge is 0.221 e. The van der Waals surface area contributed by atoms with Crippen molar-refractivity contribution in [3.05, 3.63) is 59.1 Å². The highest BCUT2D eigenvalue weighted by molar-refractivity contribution is 6.32. The lowest BCUT2D eigenvalue weighted by molar-refractivity contribution is 0.627. The van der Waals surface area contributed by atoms with Gasteiger partial charge in [-0.1, -0.05) is 11.6 Å². The van der Waals surface area contributed by atoms with Crippen molar-refractivity contribution in [3.8, 4) is 5.69 Å². The van der Waals surface area contributed by atoms with Gasteiger partial charge < -0.3 is 0 Å². The van der Waals surface area contributed by atoms with E-state index in [2.05, 4.69) is 20.4 Å². The van der Waals surface area contributed by atoms with E-state index in [1.807, 2.05) is 6.92 Å². The fourth-order valence-electron chi connectivity index (χ4n) is 1.79. The van der Waals surface area contributed by atoms with Crippen LogP contribution in [-0.4, -0.2) is 30.9 Å². The summed E-state index contributed by atoms with van der Waals surface area (Å²) in [5.74, 6) is -0.312. The molecule has 2 aromatic heterocycles. The van der Waals surface area contributed by atoms with Gasteiger partial charge in [0.05, 0.1) is 23.2 Å². The number of halogens is 2. The Balaban J connectivity index is 1.98. The van der Waals surface area contributed by atoms with E-state index < -0.39 is 0 Å². The van der Waals surface area contributed by atoms with Crippen molar-refractivity contribution in [3.63, 3.8) is 0 Å². The fourth-order valence-corrected chi connectivity index (χ4v) is 2.11. The summed E-state index contributed by atoms with van der Waals surface area (Å²) in [7, 11) is 0. The molecule has 106 valence electrons. The predicted octanol–water partition coefficient (Wildman–Crippen LogP) is 2.45. The molecule has 3 aromatic rings. The second-order valence-electron chi connectivity index (χ2n) is 4.26. The van der Waals surface area contributed by atoms with Crippen molar-refractivity contribution < 1.29 is 4.39 Å². The Kier molecular flexibility index (Phi) is 3.49. The average molecular weight is 305 g/mol. The van der Waals surface area contributed by atoms with Crippen LogP contribution in [0.1, 0.15) is 11.3 Å². The highest BCUT2D eigenvalue weighted by Crippen LogP contribution is 2.22. The minimum atomic E-state index is -0.312. The van der Waals surface area contributed by atoms with Gasteiger partial charge in [-0.2, -0.15) is 10.2 Å². The third-order valence-corrected chi connectivity index (χ3v) is 3.21. The zero-order chi connectivity index (χ0) is 14.8. The van der Waals surface area contributed by atoms with E-state index in [4.69, 9.17) is 11.6 Å². The molecule has 0 fully saturated rings. The first-order valence-corrected chi connectivity index (χ1v) is 6.43. The number of hydrogen-bond acceptors (Lipinski definition) is 4. The highest BCUT2D eigenvalue weighted by Gasteiger charge is 2.13. The van der Waals surface area contributed by atoms with Gasteiger partial charge in [-0.3, -0.25) is 0 Å². The first-order valence-electron chi connectivity index (χ1n) is 6.05. The van der Waals surface area contributed by atoms with Crippen LogP contribution in [0.5, 0.6) is 0 Å². The molecule has 0 N–H and O–H groups in total. The van der Waals surface area contributed by atoms with Crippen LogP contribution in [0.4, 0.5) is 4.39 Å². The van der Waals surface area contributed by atoms with Crippen molar-refractivity contribution in [2.75, 3.05) is 0 Å². The lowest BCUT2D eigenvalue weighted by atomic mass is 10.3. The Labute approximate surface area is 124 Å². The van der Waals surface area contributed by atoms with Gasteiger partial charge >= 0.3 is 0 Å². The lowest BCUT2D eigenvalue weighted by Crippen LogP contribution is -1.96. The summed E-state index contributed by atoms with van der Waals surface area (Å²) in [6.45, 7) is 1.82. The molecular weight excluding hydrogens is 295 g/mol. The van der Waals surface area contributed by atoms with E-state index in [1.54, 1.807) is 18.3 Å². The van der Waals surface area contributed by atoms with Crippen molar-refractivity contribution in [2.45, 2.75) is 6.92 Å². The zero-order valence-corrected chi connectivity index (χ0v) is 11.7. The second-order valence-corrected chi connectivity index (χ2v) is 4.62. The third-order valence-electron chi connectivity index (χ3n) is 2.85. The summed E-state index contributed by atoms with van der Waals surface area (Å²) < 4.78 is 15.9. The molecule has 0 amide bonds. The smallest absolute Gasteiger partial charge is 0.142 e. The van der Waals surface area contributed by atoms with Crippen molar-refractivity contribution in [1.82, 2.24) is 24.7 Å². The normalized spacial score (nSPS) is 11.4. The number of nitrogens with zero attached hydrogens (tertiary/aromatic N) is 6. The van der Waals surface area contributed by atoms with Crippen molar-refractivity contribution in [1.29, 1.82) is 0 Å². The first-order chi connectivity index (χ1) is 10.1. The Morgan fingerprint density at radius 3 is 2.52 bits per heavy atom. The molecule has 0 saturated carbocycles. The minimum Gasteiger partial charge on any atom is -0.221 e. The van der Waals surface area contributed by atoms with Crippen LogP contribution < -0.4 is 0 Å². The molecule has 0 unspecified atom stereocenters. The van der Waals surface area contributed by atoms with Crippen LogP contribution >= 0.6 is 11.6 Å². The summed E-state index contributed by atoms with van der Waals surface area (Å²) in [5.41, 5.74) is 2.06. The summed E-state index contributed by atoms with van der Waals surface area (Å²) >= 11 is 6.32. The predicted molar refractivity (Wildman–Crippen MR) is 76.3 cm³/mol. The SMILES string of the molecule is Cc1nn(-c2ccc(F)cc2)c(Cl)c1/C=N/n1cnnc1. The standard InChI is InChI=1S/C13H10ClFN6/c1-9-12(6-18-20-7-16-17-8-20)13(14)21(19-9)11-4-2-10(15)3-5-11/h2-8H,1H3/b18-6+. The molecule has 21 heavy (non-hydrogen) atoms. The number of aromatic nitrogens is 5. The molecule has 0 atom stereocenters. The maximum absolute atomic E-state index is 13.0. The summed E-state index contributed by atoms with van der Waals surface area (Å²) in [4.78, 5) is 0. The number of rotatable bonds is 3. The highest BCUT2D eigenvalue weighted by atomic mass is 35.5. The van der Waals surface area contributed by atoms with Crippen LogP contribution in [0.15, 0.2) is 42.0 Å².